The summed E-state index contributed by atoms with van der Waals surface area (Å²) < 4.78 is 0. The maximum atomic E-state index is 11.5. The molecule has 1 aromatic rings. The second-order valence-corrected chi connectivity index (χ2v) is 4.53. The Morgan fingerprint density at radius 2 is 2.00 bits per heavy atom. The van der Waals surface area contributed by atoms with Crippen LogP contribution in [0.1, 0.15) is 48.7 Å². The first-order valence-electron chi connectivity index (χ1n) is 6.83. The van der Waals surface area contributed by atoms with Crippen molar-refractivity contribution >= 4 is 12.0 Å². The monoisotopic (exact) mass is 279 g/mol. The number of aromatic nitrogens is 1. The fourth-order valence-corrected chi connectivity index (χ4v) is 1.65. The zero-order valence-corrected chi connectivity index (χ0v) is 11.7. The third-order valence-corrected chi connectivity index (χ3v) is 2.81. The smallest absolute Gasteiger partial charge is 0.354 e. The molecular weight excluding hydrogens is 258 g/mol. The van der Waals surface area contributed by atoms with Crippen LogP contribution < -0.4 is 10.6 Å². The molecule has 0 aromatic carbocycles. The molecule has 0 saturated carbocycles. The zero-order chi connectivity index (χ0) is 14.8. The number of pyridine rings is 1. The number of carboxylic acids is 1. The van der Waals surface area contributed by atoms with E-state index in [0.717, 1.165) is 18.4 Å². The molecule has 0 saturated heterocycles. The van der Waals surface area contributed by atoms with Crippen LogP contribution in [0.15, 0.2) is 18.3 Å². The molecule has 0 unspecified atom stereocenters. The van der Waals surface area contributed by atoms with Gasteiger partial charge in [0.25, 0.3) is 0 Å². The molecular formula is C14H21N3O3. The Labute approximate surface area is 118 Å². The Morgan fingerprint density at radius 1 is 1.20 bits per heavy atom. The highest BCUT2D eigenvalue weighted by Gasteiger charge is 2.04. The standard InChI is InChI=1S/C14H21N3O3/c1-2-3-4-5-8-15-14(20)17-10-11-6-7-12(13(18)19)16-9-11/h6-7,9H,2-5,8,10H2,1H3,(H,18,19)(H2,15,17,20). The largest absolute Gasteiger partial charge is 0.477 e. The maximum Gasteiger partial charge on any atom is 0.354 e. The van der Waals surface area contributed by atoms with E-state index >= 15 is 0 Å². The first kappa shape index (κ1) is 15.9. The fourth-order valence-electron chi connectivity index (χ4n) is 1.65. The van der Waals surface area contributed by atoms with Crippen LogP contribution in [0.25, 0.3) is 0 Å². The zero-order valence-electron chi connectivity index (χ0n) is 11.7. The third-order valence-electron chi connectivity index (χ3n) is 2.81. The number of nitrogens with one attached hydrogen (secondary N) is 2. The molecule has 3 N–H and O–H groups in total. The summed E-state index contributed by atoms with van der Waals surface area (Å²) in [6, 6.07) is 2.84. The highest BCUT2D eigenvalue weighted by atomic mass is 16.4. The Bertz CT molecular complexity index is 432. The Kier molecular flexibility index (Phi) is 7.10. The van der Waals surface area contributed by atoms with Crippen molar-refractivity contribution in [3.63, 3.8) is 0 Å². The number of carbonyl (C=O) groups excluding carboxylic acids is 1. The summed E-state index contributed by atoms with van der Waals surface area (Å²) >= 11 is 0. The molecule has 0 aliphatic rings. The van der Waals surface area contributed by atoms with Crippen molar-refractivity contribution < 1.29 is 14.7 Å². The van der Waals surface area contributed by atoms with Gasteiger partial charge in [-0.1, -0.05) is 32.3 Å². The Morgan fingerprint density at radius 3 is 2.60 bits per heavy atom. The van der Waals surface area contributed by atoms with E-state index in [1.54, 1.807) is 6.07 Å². The second kappa shape index (κ2) is 8.90. The van der Waals surface area contributed by atoms with Gasteiger partial charge < -0.3 is 15.7 Å². The molecule has 1 heterocycles. The second-order valence-electron chi connectivity index (χ2n) is 4.53. The molecule has 110 valence electrons. The lowest BCUT2D eigenvalue weighted by Crippen LogP contribution is -2.35. The van der Waals surface area contributed by atoms with Crippen LogP contribution in [0.3, 0.4) is 0 Å². The summed E-state index contributed by atoms with van der Waals surface area (Å²) in [5.41, 5.74) is 0.755. The van der Waals surface area contributed by atoms with Gasteiger partial charge in [0.2, 0.25) is 0 Å². The van der Waals surface area contributed by atoms with E-state index in [1.807, 2.05) is 0 Å². The summed E-state index contributed by atoms with van der Waals surface area (Å²) in [5.74, 6) is -1.06. The van der Waals surface area contributed by atoms with E-state index in [-0.39, 0.29) is 11.7 Å². The number of carboxylic acid groups (broad SMARTS) is 1. The molecule has 1 rings (SSSR count). The van der Waals surface area contributed by atoms with E-state index in [4.69, 9.17) is 5.11 Å². The molecule has 0 aliphatic heterocycles. The molecule has 1 aromatic heterocycles. The first-order valence-corrected chi connectivity index (χ1v) is 6.83. The average molecular weight is 279 g/mol. The van der Waals surface area contributed by atoms with Gasteiger partial charge in [-0.25, -0.2) is 14.6 Å². The maximum absolute atomic E-state index is 11.5. The normalized spacial score (nSPS) is 10.1. The minimum absolute atomic E-state index is 0.00544. The molecule has 2 amide bonds. The lowest BCUT2D eigenvalue weighted by atomic mass is 10.2. The SMILES string of the molecule is CCCCCCNC(=O)NCc1ccc(C(=O)O)nc1. The van der Waals surface area contributed by atoms with Crippen molar-refractivity contribution in [2.24, 2.45) is 0 Å². The highest BCUT2D eigenvalue weighted by molar-refractivity contribution is 5.85. The molecule has 20 heavy (non-hydrogen) atoms. The summed E-state index contributed by atoms with van der Waals surface area (Å²) in [7, 11) is 0. The Balaban J connectivity index is 2.22. The van der Waals surface area contributed by atoms with Gasteiger partial charge in [0, 0.05) is 19.3 Å². The minimum atomic E-state index is -1.06. The van der Waals surface area contributed by atoms with Crippen LogP contribution in [0, 0.1) is 0 Å². The predicted octanol–water partition coefficient (Wildman–Crippen LogP) is 2.16. The molecule has 0 bridgehead atoms. The van der Waals surface area contributed by atoms with Crippen LogP contribution in [-0.2, 0) is 6.54 Å². The molecule has 0 atom stereocenters. The summed E-state index contributed by atoms with van der Waals surface area (Å²) in [5, 5.41) is 14.2. The van der Waals surface area contributed by atoms with Crippen molar-refractivity contribution in [1.82, 2.24) is 15.6 Å². The van der Waals surface area contributed by atoms with Gasteiger partial charge in [0.1, 0.15) is 5.69 Å². The van der Waals surface area contributed by atoms with Crippen molar-refractivity contribution in [2.75, 3.05) is 6.54 Å². The number of hydrogen-bond acceptors (Lipinski definition) is 3. The summed E-state index contributed by atoms with van der Waals surface area (Å²) in [4.78, 5) is 25.9. The van der Waals surface area contributed by atoms with Crippen LogP contribution in [0.2, 0.25) is 0 Å². The van der Waals surface area contributed by atoms with E-state index in [1.165, 1.54) is 25.1 Å². The van der Waals surface area contributed by atoms with Crippen LogP contribution in [0.4, 0.5) is 4.79 Å². The van der Waals surface area contributed by atoms with Crippen LogP contribution >= 0.6 is 0 Å². The number of rotatable bonds is 8. The topological polar surface area (TPSA) is 91.3 Å². The predicted molar refractivity (Wildman–Crippen MR) is 75.6 cm³/mol. The molecule has 0 spiro atoms. The summed E-state index contributed by atoms with van der Waals surface area (Å²) in [6.07, 6.45) is 5.91. The number of nitrogens with zero attached hydrogens (tertiary/aromatic N) is 1. The van der Waals surface area contributed by atoms with E-state index in [2.05, 4.69) is 22.5 Å². The van der Waals surface area contributed by atoms with Gasteiger partial charge in [0.15, 0.2) is 0 Å². The van der Waals surface area contributed by atoms with E-state index < -0.39 is 5.97 Å². The number of urea groups is 1. The number of amides is 2. The third kappa shape index (κ3) is 6.17. The van der Waals surface area contributed by atoms with Crippen molar-refractivity contribution in [2.45, 2.75) is 39.2 Å². The first-order chi connectivity index (χ1) is 9.63. The number of hydrogen-bond donors (Lipinski definition) is 3. The van der Waals surface area contributed by atoms with Gasteiger partial charge in [0.05, 0.1) is 0 Å². The Hall–Kier alpha value is -2.11. The van der Waals surface area contributed by atoms with Crippen molar-refractivity contribution in [3.8, 4) is 0 Å². The van der Waals surface area contributed by atoms with Crippen LogP contribution in [0.5, 0.6) is 0 Å². The molecule has 6 heteroatoms. The van der Waals surface area contributed by atoms with Gasteiger partial charge in [-0.15, -0.1) is 0 Å². The van der Waals surface area contributed by atoms with Crippen molar-refractivity contribution in [3.05, 3.63) is 29.6 Å². The lowest BCUT2D eigenvalue weighted by molar-refractivity contribution is 0.0690. The van der Waals surface area contributed by atoms with Crippen LogP contribution in [-0.4, -0.2) is 28.6 Å². The van der Waals surface area contributed by atoms with Gasteiger partial charge in [-0.3, -0.25) is 0 Å². The minimum Gasteiger partial charge on any atom is -0.477 e. The molecule has 6 nitrogen and oxygen atoms in total. The van der Waals surface area contributed by atoms with Crippen molar-refractivity contribution in [1.29, 1.82) is 0 Å². The number of aromatic carboxylic acids is 1. The molecule has 0 radical (unpaired) electrons. The van der Waals surface area contributed by atoms with Gasteiger partial charge >= 0.3 is 12.0 Å². The fraction of sp³-hybridized carbons (Fsp3) is 0.500. The number of carbonyl (C=O) groups is 2. The number of unbranched alkanes of at least 4 members (excludes halogenated alkanes) is 3. The average Bonchev–Trinajstić information content (AvgIpc) is 2.45. The molecule has 0 aliphatic carbocycles. The quantitative estimate of drug-likeness (QED) is 0.636. The summed E-state index contributed by atoms with van der Waals surface area (Å²) in [6.45, 7) is 3.14. The van der Waals surface area contributed by atoms with E-state index in [0.29, 0.717) is 13.1 Å². The highest BCUT2D eigenvalue weighted by Crippen LogP contribution is 2.00. The van der Waals surface area contributed by atoms with Gasteiger partial charge in [-0.2, -0.15) is 0 Å². The van der Waals surface area contributed by atoms with E-state index in [9.17, 15) is 9.59 Å². The van der Waals surface area contributed by atoms with Gasteiger partial charge in [-0.05, 0) is 18.1 Å². The molecule has 0 fully saturated rings. The lowest BCUT2D eigenvalue weighted by Gasteiger charge is -2.07.